The smallest absolute Gasteiger partial charge is 0.272 e. The van der Waals surface area contributed by atoms with Crippen molar-refractivity contribution in [2.45, 2.75) is 25.8 Å². The molecule has 0 aliphatic carbocycles. The summed E-state index contributed by atoms with van der Waals surface area (Å²) >= 11 is 0. The van der Waals surface area contributed by atoms with Crippen LogP contribution in [0.2, 0.25) is 0 Å². The van der Waals surface area contributed by atoms with Crippen molar-refractivity contribution in [1.82, 2.24) is 4.90 Å². The molecule has 1 aromatic carbocycles. The summed E-state index contributed by atoms with van der Waals surface area (Å²) < 4.78 is 13.9. The van der Waals surface area contributed by atoms with E-state index in [1.807, 2.05) is 6.92 Å². The largest absolute Gasteiger partial charge is 0.336 e. The molecule has 1 fully saturated rings. The van der Waals surface area contributed by atoms with Gasteiger partial charge in [-0.2, -0.15) is 0 Å². The molecule has 2 unspecified atom stereocenters. The highest BCUT2D eigenvalue weighted by atomic mass is 19.1. The first-order valence-electron chi connectivity index (χ1n) is 6.89. The van der Waals surface area contributed by atoms with Gasteiger partial charge >= 0.3 is 0 Å². The predicted octanol–water partition coefficient (Wildman–Crippen LogP) is 1.93. The van der Waals surface area contributed by atoms with Crippen LogP contribution in [0.3, 0.4) is 0 Å². The lowest BCUT2D eigenvalue weighted by Gasteiger charge is -2.37. The highest BCUT2D eigenvalue weighted by molar-refractivity contribution is 5.95. The zero-order valence-corrected chi connectivity index (χ0v) is 11.8. The Balaban J connectivity index is 2.24. The van der Waals surface area contributed by atoms with Crippen LogP contribution in [0.1, 0.15) is 30.1 Å². The fraction of sp³-hybridized carbons (Fsp3) is 0.500. The molecule has 6 nitrogen and oxygen atoms in total. The first-order chi connectivity index (χ1) is 9.93. The number of piperidine rings is 1. The number of non-ortho nitro benzene ring substituents is 1. The average Bonchev–Trinajstić information content (AvgIpc) is 2.47. The Morgan fingerprint density at radius 2 is 2.24 bits per heavy atom. The first kappa shape index (κ1) is 15.4. The molecule has 1 aliphatic heterocycles. The number of nitro groups is 1. The van der Waals surface area contributed by atoms with Gasteiger partial charge in [0.2, 0.25) is 0 Å². The van der Waals surface area contributed by atoms with Gasteiger partial charge in [0.05, 0.1) is 16.6 Å². The van der Waals surface area contributed by atoms with Gasteiger partial charge < -0.3 is 10.6 Å². The molecule has 0 radical (unpaired) electrons. The van der Waals surface area contributed by atoms with E-state index in [2.05, 4.69) is 0 Å². The number of benzene rings is 1. The summed E-state index contributed by atoms with van der Waals surface area (Å²) in [6.45, 7) is 2.89. The molecule has 0 saturated carbocycles. The molecule has 2 atom stereocenters. The quantitative estimate of drug-likeness (QED) is 0.681. The van der Waals surface area contributed by atoms with Crippen molar-refractivity contribution in [2.24, 2.45) is 11.7 Å². The van der Waals surface area contributed by atoms with Crippen LogP contribution in [0.25, 0.3) is 0 Å². The van der Waals surface area contributed by atoms with Crippen molar-refractivity contribution in [1.29, 1.82) is 0 Å². The zero-order chi connectivity index (χ0) is 15.6. The number of halogens is 1. The molecule has 2 rings (SSSR count). The highest BCUT2D eigenvalue weighted by Crippen LogP contribution is 2.25. The Morgan fingerprint density at radius 3 is 2.81 bits per heavy atom. The fourth-order valence-electron chi connectivity index (χ4n) is 2.60. The van der Waals surface area contributed by atoms with Crippen LogP contribution in [0, 0.1) is 21.8 Å². The van der Waals surface area contributed by atoms with Crippen LogP contribution in [-0.4, -0.2) is 34.9 Å². The highest BCUT2D eigenvalue weighted by Gasteiger charge is 2.30. The van der Waals surface area contributed by atoms with Crippen molar-refractivity contribution in [3.8, 4) is 0 Å². The molecule has 2 N–H and O–H groups in total. The topological polar surface area (TPSA) is 89.5 Å². The molecule has 114 valence electrons. The average molecular weight is 295 g/mol. The monoisotopic (exact) mass is 295 g/mol. The molecule has 0 aromatic heterocycles. The van der Waals surface area contributed by atoms with Crippen LogP contribution < -0.4 is 5.73 Å². The summed E-state index contributed by atoms with van der Waals surface area (Å²) in [6.07, 6.45) is 1.77. The maximum atomic E-state index is 13.9. The molecule has 1 heterocycles. The number of carbonyl (C=O) groups excluding carboxylic acids is 1. The molecule has 1 aliphatic rings. The maximum absolute atomic E-state index is 13.9. The SMILES string of the molecule is CC1CCC(CN)CN1C(=O)c1ccc([N+](=O)[O-])cc1F. The van der Waals surface area contributed by atoms with Crippen LogP contribution in [0.5, 0.6) is 0 Å². The van der Waals surface area contributed by atoms with Crippen LogP contribution >= 0.6 is 0 Å². The van der Waals surface area contributed by atoms with Crippen molar-refractivity contribution in [2.75, 3.05) is 13.1 Å². The molecule has 1 saturated heterocycles. The van der Waals surface area contributed by atoms with E-state index in [9.17, 15) is 19.3 Å². The zero-order valence-electron chi connectivity index (χ0n) is 11.8. The Labute approximate surface area is 121 Å². The molecule has 7 heteroatoms. The number of carbonyl (C=O) groups is 1. The number of hydrogen-bond acceptors (Lipinski definition) is 4. The van der Waals surface area contributed by atoms with Crippen molar-refractivity contribution >= 4 is 11.6 Å². The molecule has 1 amide bonds. The number of nitro benzene ring substituents is 1. The normalized spacial score (nSPS) is 22.1. The lowest BCUT2D eigenvalue weighted by atomic mass is 9.93. The van der Waals surface area contributed by atoms with Crippen LogP contribution in [0.4, 0.5) is 10.1 Å². The number of nitrogens with two attached hydrogens (primary N) is 1. The summed E-state index contributed by atoms with van der Waals surface area (Å²) in [5.74, 6) is -1.09. The fourth-order valence-corrected chi connectivity index (χ4v) is 2.60. The van der Waals surface area contributed by atoms with E-state index in [4.69, 9.17) is 5.73 Å². The minimum atomic E-state index is -0.865. The van der Waals surface area contributed by atoms with E-state index in [0.29, 0.717) is 13.1 Å². The van der Waals surface area contributed by atoms with Gasteiger partial charge in [-0.05, 0) is 38.3 Å². The Kier molecular flexibility index (Phi) is 4.52. The third-order valence-corrected chi connectivity index (χ3v) is 3.97. The third kappa shape index (κ3) is 3.18. The van der Waals surface area contributed by atoms with Gasteiger partial charge in [-0.15, -0.1) is 0 Å². The second-order valence-electron chi connectivity index (χ2n) is 5.41. The Hall–Kier alpha value is -2.02. The molecule has 0 spiro atoms. The van der Waals surface area contributed by atoms with Gasteiger partial charge in [-0.25, -0.2) is 4.39 Å². The molecular formula is C14H18FN3O3. The van der Waals surface area contributed by atoms with Gasteiger partial charge in [0, 0.05) is 18.7 Å². The van der Waals surface area contributed by atoms with Gasteiger partial charge in [-0.3, -0.25) is 14.9 Å². The van der Waals surface area contributed by atoms with Gasteiger partial charge in [0.15, 0.2) is 0 Å². The van der Waals surface area contributed by atoms with Crippen molar-refractivity contribution in [3.63, 3.8) is 0 Å². The molecular weight excluding hydrogens is 277 g/mol. The number of nitrogens with zero attached hydrogens (tertiary/aromatic N) is 2. The van der Waals surface area contributed by atoms with Crippen molar-refractivity contribution < 1.29 is 14.1 Å². The third-order valence-electron chi connectivity index (χ3n) is 3.97. The van der Waals surface area contributed by atoms with E-state index in [1.54, 1.807) is 4.90 Å². The van der Waals surface area contributed by atoms with Gasteiger partial charge in [-0.1, -0.05) is 0 Å². The predicted molar refractivity (Wildman–Crippen MR) is 75.3 cm³/mol. The minimum Gasteiger partial charge on any atom is -0.336 e. The van der Waals surface area contributed by atoms with Crippen molar-refractivity contribution in [3.05, 3.63) is 39.7 Å². The Bertz CT molecular complexity index is 564. The summed E-state index contributed by atoms with van der Waals surface area (Å²) in [5, 5.41) is 10.6. The van der Waals surface area contributed by atoms with E-state index in [1.165, 1.54) is 6.07 Å². The molecule has 21 heavy (non-hydrogen) atoms. The van der Waals surface area contributed by atoms with E-state index < -0.39 is 16.6 Å². The lowest BCUT2D eigenvalue weighted by Crippen LogP contribution is -2.47. The second kappa shape index (κ2) is 6.17. The number of rotatable bonds is 3. The van der Waals surface area contributed by atoms with Gasteiger partial charge in [0.1, 0.15) is 5.82 Å². The molecule has 1 aromatic rings. The summed E-state index contributed by atoms with van der Waals surface area (Å²) in [7, 11) is 0. The first-order valence-corrected chi connectivity index (χ1v) is 6.89. The standard InChI is InChI=1S/C14H18FN3O3/c1-9-2-3-10(7-16)8-17(9)14(19)12-5-4-11(18(20)21)6-13(12)15/h4-6,9-10H,2-3,7-8,16H2,1H3. The van der Waals surface area contributed by atoms with Gasteiger partial charge in [0.25, 0.3) is 11.6 Å². The summed E-state index contributed by atoms with van der Waals surface area (Å²) in [6, 6.07) is 3.11. The Morgan fingerprint density at radius 1 is 1.52 bits per heavy atom. The number of likely N-dealkylation sites (tertiary alicyclic amines) is 1. The molecule has 0 bridgehead atoms. The lowest BCUT2D eigenvalue weighted by molar-refractivity contribution is -0.385. The van der Waals surface area contributed by atoms with E-state index >= 15 is 0 Å². The number of amides is 1. The number of hydrogen-bond donors (Lipinski definition) is 1. The van der Waals surface area contributed by atoms with E-state index in [0.717, 1.165) is 25.0 Å². The minimum absolute atomic E-state index is 0.00916. The van der Waals surface area contributed by atoms with Crippen LogP contribution in [-0.2, 0) is 0 Å². The summed E-state index contributed by atoms with van der Waals surface area (Å²) in [4.78, 5) is 24.0. The summed E-state index contributed by atoms with van der Waals surface area (Å²) in [5.41, 5.74) is 5.15. The van der Waals surface area contributed by atoms with E-state index in [-0.39, 0.29) is 23.2 Å². The maximum Gasteiger partial charge on any atom is 0.272 e. The second-order valence-corrected chi connectivity index (χ2v) is 5.41. The van der Waals surface area contributed by atoms with Crippen LogP contribution in [0.15, 0.2) is 18.2 Å².